The number of aliphatic hydroxyl groups is 9. The topological polar surface area (TPSA) is 448 Å². The van der Waals surface area contributed by atoms with E-state index < -0.39 is 217 Å². The van der Waals surface area contributed by atoms with Crippen LogP contribution >= 0.6 is 0 Å². The van der Waals surface area contributed by atoms with Crippen molar-refractivity contribution in [1.29, 1.82) is 0 Å². The van der Waals surface area contributed by atoms with Crippen LogP contribution in [0.25, 0.3) is 0 Å². The van der Waals surface area contributed by atoms with Gasteiger partial charge in [-0.25, -0.2) is 9.59 Å². The van der Waals surface area contributed by atoms with Crippen molar-refractivity contribution >= 4 is 35.6 Å². The van der Waals surface area contributed by atoms with E-state index in [1.807, 2.05) is 0 Å². The van der Waals surface area contributed by atoms with Gasteiger partial charge in [0.2, 0.25) is 17.7 Å². The van der Waals surface area contributed by atoms with Crippen LogP contribution in [0, 0.1) is 5.92 Å². The van der Waals surface area contributed by atoms with Crippen LogP contribution in [0.15, 0.2) is 0 Å². The number of amides is 3. The molecule has 0 aromatic heterocycles. The molecule has 402 valence electrons. The number of hydrogen-bond acceptors (Lipinski definition) is 27. The first kappa shape index (κ1) is 58.7. The molecule has 3 heterocycles. The van der Waals surface area contributed by atoms with Crippen molar-refractivity contribution in [3.8, 4) is 0 Å². The first-order valence-corrected chi connectivity index (χ1v) is 22.1. The van der Waals surface area contributed by atoms with Crippen molar-refractivity contribution in [2.45, 2.75) is 143 Å². The first-order chi connectivity index (χ1) is 33.3. The molecule has 30 nitrogen and oxygen atoms in total. The number of carbonyl (C=O) groups is 6. The number of hydrogen-bond donors (Lipinski definition) is 13. The van der Waals surface area contributed by atoms with Crippen LogP contribution in [-0.4, -0.2) is 265 Å². The number of carbonyl (C=O) groups excluding carboxylic acids is 6. The molecule has 4 rings (SSSR count). The summed E-state index contributed by atoms with van der Waals surface area (Å²) in [6, 6.07) is -6.08. The highest BCUT2D eigenvalue weighted by Crippen LogP contribution is 2.38. The maximum Gasteiger partial charge on any atom is 0.331 e. The zero-order chi connectivity index (χ0) is 52.0. The summed E-state index contributed by atoms with van der Waals surface area (Å²) in [5, 5.41) is 101. The van der Waals surface area contributed by atoms with Crippen molar-refractivity contribution in [3.05, 3.63) is 0 Å². The average molecular weight is 1020 g/mol. The summed E-state index contributed by atoms with van der Waals surface area (Å²) in [5.74, 6) is -6.94. The lowest BCUT2D eigenvalue weighted by Gasteiger charge is -2.51. The van der Waals surface area contributed by atoms with Gasteiger partial charge in [0.25, 0.3) is 0 Å². The van der Waals surface area contributed by atoms with Crippen LogP contribution in [0.2, 0.25) is 0 Å². The van der Waals surface area contributed by atoms with Crippen molar-refractivity contribution < 1.29 is 127 Å². The van der Waals surface area contributed by atoms with Gasteiger partial charge in [-0.2, -0.15) is 0 Å². The third-order valence-electron chi connectivity index (χ3n) is 11.9. The third kappa shape index (κ3) is 14.8. The Bertz CT molecular complexity index is 1720. The molecular formula is C40H66N4O26. The van der Waals surface area contributed by atoms with Crippen molar-refractivity contribution in [3.63, 3.8) is 0 Å². The molecule has 1 saturated carbocycles. The van der Waals surface area contributed by atoms with Gasteiger partial charge in [0.1, 0.15) is 93.4 Å². The van der Waals surface area contributed by atoms with E-state index in [1.165, 1.54) is 14.2 Å². The van der Waals surface area contributed by atoms with E-state index >= 15 is 0 Å². The Morgan fingerprint density at radius 3 is 1.64 bits per heavy atom. The number of ether oxygens (including phenoxy) is 11. The Morgan fingerprint density at radius 2 is 1.10 bits per heavy atom. The predicted octanol–water partition coefficient (Wildman–Crippen LogP) is -9.39. The summed E-state index contributed by atoms with van der Waals surface area (Å²) in [6.45, 7) is -4.73. The van der Waals surface area contributed by atoms with E-state index in [2.05, 4.69) is 16.0 Å². The molecule has 30 heteroatoms. The van der Waals surface area contributed by atoms with Gasteiger partial charge in [-0.05, 0) is 6.42 Å². The van der Waals surface area contributed by atoms with E-state index in [9.17, 15) is 74.7 Å². The minimum Gasteiger partial charge on any atom is -0.464 e. The maximum atomic E-state index is 13.2. The molecule has 3 amide bonds. The van der Waals surface area contributed by atoms with Gasteiger partial charge in [0.15, 0.2) is 25.0 Å². The Balaban J connectivity index is 1.74. The fourth-order valence-corrected chi connectivity index (χ4v) is 8.62. The Labute approximate surface area is 399 Å². The van der Waals surface area contributed by atoms with E-state index in [0.29, 0.717) is 0 Å². The quantitative estimate of drug-likeness (QED) is 0.0334. The summed E-state index contributed by atoms with van der Waals surface area (Å²) < 4.78 is 63.4. The lowest BCUT2D eigenvalue weighted by Crippen LogP contribution is -2.71. The molecule has 20 unspecified atom stereocenters. The standard InChI is InChI=1S/C40H66N4O26/c1-15(51)42-27-32(59)35(21(67-38(27)61-4)14-63-25(56)12-50)70-40-29(43-16(2)52)37(68-23(54)5-6-45)36(20(9-47)66-40)64-18-7-17(13-62-24(55)11-49)33(30(57)26(18)41)69-39-28(44-22(53)10-48)31(58)34(60-3)19(8-46)65-39/h17-21,26-40,45-50,57-59H,5-14,41H2,1-4H3,(H,42,51)(H,43,52)(H,44,53). The van der Waals surface area contributed by atoms with E-state index in [1.54, 1.807) is 0 Å². The number of methoxy groups -OCH3 is 2. The molecule has 4 fully saturated rings. The largest absolute Gasteiger partial charge is 0.464 e. The van der Waals surface area contributed by atoms with Crippen LogP contribution in [0.3, 0.4) is 0 Å². The highest BCUT2D eigenvalue weighted by atomic mass is 16.7. The van der Waals surface area contributed by atoms with E-state index in [0.717, 1.165) is 13.8 Å². The number of esters is 3. The van der Waals surface area contributed by atoms with Gasteiger partial charge < -0.3 is 120 Å². The molecule has 0 bridgehead atoms. The summed E-state index contributed by atoms with van der Waals surface area (Å²) in [4.78, 5) is 75.0. The highest BCUT2D eigenvalue weighted by Gasteiger charge is 2.57. The molecule has 0 radical (unpaired) electrons. The molecular weight excluding hydrogens is 952 g/mol. The molecule has 0 aromatic rings. The molecule has 14 N–H and O–H groups in total. The number of rotatable bonds is 23. The van der Waals surface area contributed by atoms with Crippen LogP contribution in [0.4, 0.5) is 0 Å². The molecule has 4 aliphatic rings. The average Bonchev–Trinajstić information content (AvgIpc) is 3.33. The van der Waals surface area contributed by atoms with E-state index in [4.69, 9.17) is 57.8 Å². The first-order valence-electron chi connectivity index (χ1n) is 22.1. The van der Waals surface area contributed by atoms with E-state index in [-0.39, 0.29) is 6.42 Å². The van der Waals surface area contributed by atoms with Crippen LogP contribution in [0.5, 0.6) is 0 Å². The van der Waals surface area contributed by atoms with Gasteiger partial charge in [0.05, 0.1) is 57.2 Å². The summed E-state index contributed by atoms with van der Waals surface area (Å²) in [6.07, 6.45) is -24.9. The minimum absolute atomic E-state index is 0.351. The monoisotopic (exact) mass is 1020 g/mol. The lowest BCUT2D eigenvalue weighted by molar-refractivity contribution is -0.338. The number of aliphatic hydroxyl groups excluding tert-OH is 9. The van der Waals surface area contributed by atoms with Crippen molar-refractivity contribution in [2.75, 3.05) is 67.1 Å². The van der Waals surface area contributed by atoms with Gasteiger partial charge >= 0.3 is 17.9 Å². The summed E-state index contributed by atoms with van der Waals surface area (Å²) in [7, 11) is 2.38. The number of nitrogens with two attached hydrogens (primary N) is 1. The fraction of sp³-hybridized carbons (Fsp3) is 0.850. The summed E-state index contributed by atoms with van der Waals surface area (Å²) >= 11 is 0. The highest BCUT2D eigenvalue weighted by molar-refractivity contribution is 5.77. The SMILES string of the molecule is COC1OC(COC(=O)CO)C(OC2OC(CO)C(OC3CC(COC(=O)CO)C(OC4OC(CO)C(OC)C(O)C4NC(=O)CO)C(O)C3N)C(OC(=O)CCO)C2NC(C)=O)C(O)C1NC(C)=O. The molecule has 0 spiro atoms. The Morgan fingerprint density at radius 1 is 0.571 bits per heavy atom. The van der Waals surface area contributed by atoms with Crippen molar-refractivity contribution in [1.82, 2.24) is 16.0 Å². The fourth-order valence-electron chi connectivity index (χ4n) is 8.62. The molecule has 1 aliphatic carbocycles. The normalized spacial score (nSPS) is 37.6. The maximum absolute atomic E-state index is 13.2. The molecule has 70 heavy (non-hydrogen) atoms. The summed E-state index contributed by atoms with van der Waals surface area (Å²) in [5.41, 5.74) is 6.62. The van der Waals surface area contributed by atoms with Crippen LogP contribution in [0.1, 0.15) is 26.7 Å². The second kappa shape index (κ2) is 27.8. The second-order valence-electron chi connectivity index (χ2n) is 16.6. The van der Waals surface area contributed by atoms with Gasteiger partial charge in [0, 0.05) is 34.0 Å². The number of nitrogens with one attached hydrogen (secondary N) is 3. The zero-order valence-electron chi connectivity index (χ0n) is 38.7. The predicted molar refractivity (Wildman–Crippen MR) is 222 cm³/mol. The Hall–Kier alpha value is -3.90. The van der Waals surface area contributed by atoms with Crippen LogP contribution in [-0.2, 0) is 80.9 Å². The van der Waals surface area contributed by atoms with Gasteiger partial charge in [-0.15, -0.1) is 0 Å². The smallest absolute Gasteiger partial charge is 0.331 e. The molecule has 3 saturated heterocycles. The molecule has 3 aliphatic heterocycles. The molecule has 20 atom stereocenters. The zero-order valence-corrected chi connectivity index (χ0v) is 38.7. The Kier molecular flexibility index (Phi) is 23.3. The van der Waals surface area contributed by atoms with Gasteiger partial charge in [-0.1, -0.05) is 0 Å². The van der Waals surface area contributed by atoms with Crippen LogP contribution < -0.4 is 21.7 Å². The van der Waals surface area contributed by atoms with Crippen molar-refractivity contribution in [2.24, 2.45) is 11.7 Å². The molecule has 0 aromatic carbocycles. The lowest BCUT2D eigenvalue weighted by atomic mass is 9.79. The minimum atomic E-state index is -1.86. The second-order valence-corrected chi connectivity index (χ2v) is 16.6. The third-order valence-corrected chi connectivity index (χ3v) is 11.9. The van der Waals surface area contributed by atoms with Gasteiger partial charge in [-0.3, -0.25) is 19.2 Å².